The van der Waals surface area contributed by atoms with Crippen LogP contribution in [0.2, 0.25) is 0 Å². The van der Waals surface area contributed by atoms with Gasteiger partial charge < -0.3 is 0 Å². The molecule has 0 amide bonds. The molecule has 108 valence electrons. The third-order valence-electron chi connectivity index (χ3n) is 3.06. The molecule has 0 aliphatic rings. The smallest absolute Gasteiger partial charge is 0.193 e. The van der Waals surface area contributed by atoms with Gasteiger partial charge in [0.2, 0.25) is 0 Å². The highest BCUT2D eigenvalue weighted by molar-refractivity contribution is 7.97. The van der Waals surface area contributed by atoms with Gasteiger partial charge in [0.15, 0.2) is 9.84 Å². The van der Waals surface area contributed by atoms with Crippen LogP contribution in [0.4, 0.5) is 0 Å². The molecule has 0 atom stereocenters. The van der Waals surface area contributed by atoms with Crippen LogP contribution in [0, 0.1) is 13.8 Å². The maximum atomic E-state index is 11.9. The number of benzene rings is 2. The molecule has 0 radical (unpaired) electrons. The van der Waals surface area contributed by atoms with Crippen molar-refractivity contribution in [3.05, 3.63) is 81.6 Å². The fourth-order valence-corrected chi connectivity index (χ4v) is 2.53. The average Bonchev–Trinajstić information content (AvgIpc) is 2.46. The first-order chi connectivity index (χ1) is 9.94. The van der Waals surface area contributed by atoms with Gasteiger partial charge in [0, 0.05) is 10.8 Å². The Balaban J connectivity index is 2.11. The van der Waals surface area contributed by atoms with Crippen molar-refractivity contribution in [2.75, 3.05) is 0 Å². The summed E-state index contributed by atoms with van der Waals surface area (Å²) in [6.07, 6.45) is 3.21. The van der Waals surface area contributed by atoms with Crippen LogP contribution in [0.15, 0.2) is 59.3 Å². The first kappa shape index (κ1) is 15.3. The second-order valence-electron chi connectivity index (χ2n) is 5.02. The topological polar surface area (TPSA) is 34.1 Å². The van der Waals surface area contributed by atoms with Gasteiger partial charge in [-0.3, -0.25) is 0 Å². The van der Waals surface area contributed by atoms with Crippen LogP contribution in [0.1, 0.15) is 22.3 Å². The van der Waals surface area contributed by atoms with Gasteiger partial charge in [-0.15, -0.1) is 0 Å². The van der Waals surface area contributed by atoms with Crippen molar-refractivity contribution in [2.24, 2.45) is 0 Å². The van der Waals surface area contributed by atoms with E-state index in [4.69, 9.17) is 0 Å². The van der Waals surface area contributed by atoms with Gasteiger partial charge in [0.1, 0.15) is 0 Å². The monoisotopic (exact) mass is 298 g/mol. The van der Waals surface area contributed by atoms with Gasteiger partial charge in [0.05, 0.1) is 0 Å². The molecule has 2 nitrogen and oxygen atoms in total. The van der Waals surface area contributed by atoms with Crippen molar-refractivity contribution in [1.29, 1.82) is 0 Å². The summed E-state index contributed by atoms with van der Waals surface area (Å²) < 4.78 is 23.9. The highest BCUT2D eigenvalue weighted by Gasteiger charge is 1.99. The lowest BCUT2D eigenvalue weighted by molar-refractivity contribution is 0.613. The quantitative estimate of drug-likeness (QED) is 0.840. The summed E-state index contributed by atoms with van der Waals surface area (Å²) in [5.41, 5.74) is 4.03. The number of aryl methyl sites for hydroxylation is 2. The van der Waals surface area contributed by atoms with Crippen LogP contribution >= 0.6 is 0 Å². The largest absolute Gasteiger partial charge is 0.220 e. The highest BCUT2D eigenvalue weighted by Crippen LogP contribution is 2.10. The Morgan fingerprint density at radius 2 is 1.00 bits per heavy atom. The van der Waals surface area contributed by atoms with Crippen LogP contribution in [0.5, 0.6) is 0 Å². The molecule has 2 aromatic carbocycles. The predicted molar refractivity (Wildman–Crippen MR) is 89.3 cm³/mol. The first-order valence-electron chi connectivity index (χ1n) is 6.69. The molecule has 0 aliphatic carbocycles. The lowest BCUT2D eigenvalue weighted by Crippen LogP contribution is -1.88. The molecule has 0 N–H and O–H groups in total. The third-order valence-corrected chi connectivity index (χ3v) is 4.09. The minimum atomic E-state index is -3.36. The summed E-state index contributed by atoms with van der Waals surface area (Å²) in [7, 11) is -3.36. The van der Waals surface area contributed by atoms with E-state index in [-0.39, 0.29) is 0 Å². The van der Waals surface area contributed by atoms with Crippen LogP contribution in [-0.4, -0.2) is 8.42 Å². The van der Waals surface area contributed by atoms with Crippen LogP contribution in [0.3, 0.4) is 0 Å². The third kappa shape index (κ3) is 5.04. The fraction of sp³-hybridized carbons (Fsp3) is 0.111. The van der Waals surface area contributed by atoms with E-state index in [1.807, 2.05) is 62.4 Å². The van der Waals surface area contributed by atoms with Gasteiger partial charge >= 0.3 is 0 Å². The van der Waals surface area contributed by atoms with Crippen LogP contribution < -0.4 is 0 Å². The molecule has 0 spiro atoms. The minimum absolute atomic E-state index is 0.868. The Hall–Kier alpha value is -2.13. The second-order valence-corrected chi connectivity index (χ2v) is 6.74. The molecule has 0 unspecified atom stereocenters. The Morgan fingerprint density at radius 1 is 0.667 bits per heavy atom. The number of hydrogen-bond acceptors (Lipinski definition) is 2. The van der Waals surface area contributed by atoms with Crippen molar-refractivity contribution in [2.45, 2.75) is 13.8 Å². The van der Waals surface area contributed by atoms with E-state index in [0.717, 1.165) is 22.3 Å². The molecule has 0 bridgehead atoms. The number of rotatable bonds is 4. The molecule has 0 saturated heterocycles. The fourth-order valence-electron chi connectivity index (χ4n) is 1.75. The Labute approximate surface area is 126 Å². The normalized spacial score (nSPS) is 12.3. The second kappa shape index (κ2) is 6.55. The standard InChI is InChI=1S/C18H18O2S/c1-15-3-7-17(8-4-15)11-13-21(19,20)14-12-18-9-5-16(2)6-10-18/h3-14H,1-2H3. The number of hydrogen-bond donors (Lipinski definition) is 0. The molecule has 0 fully saturated rings. The van der Waals surface area contributed by atoms with Gasteiger partial charge in [-0.2, -0.15) is 0 Å². The first-order valence-corrected chi connectivity index (χ1v) is 8.30. The highest BCUT2D eigenvalue weighted by atomic mass is 32.2. The predicted octanol–water partition coefficient (Wildman–Crippen LogP) is 4.36. The van der Waals surface area contributed by atoms with Crippen molar-refractivity contribution >= 4 is 22.0 Å². The van der Waals surface area contributed by atoms with Crippen molar-refractivity contribution in [3.63, 3.8) is 0 Å². The Kier molecular flexibility index (Phi) is 4.76. The number of sulfone groups is 1. The van der Waals surface area contributed by atoms with E-state index >= 15 is 0 Å². The van der Waals surface area contributed by atoms with E-state index in [9.17, 15) is 8.42 Å². The summed E-state index contributed by atoms with van der Waals surface area (Å²) in [6, 6.07) is 15.4. The van der Waals surface area contributed by atoms with E-state index in [1.54, 1.807) is 12.2 Å². The Morgan fingerprint density at radius 3 is 1.33 bits per heavy atom. The van der Waals surface area contributed by atoms with Gasteiger partial charge in [-0.05, 0) is 37.1 Å². The lowest BCUT2D eigenvalue weighted by Gasteiger charge is -1.96. The maximum Gasteiger partial charge on any atom is 0.193 e. The molecule has 0 aliphatic heterocycles. The minimum Gasteiger partial charge on any atom is -0.220 e. The van der Waals surface area contributed by atoms with E-state index < -0.39 is 9.84 Å². The van der Waals surface area contributed by atoms with Gasteiger partial charge in [-0.25, -0.2) is 8.42 Å². The van der Waals surface area contributed by atoms with Crippen molar-refractivity contribution in [1.82, 2.24) is 0 Å². The molecular formula is C18H18O2S. The molecule has 0 heterocycles. The lowest BCUT2D eigenvalue weighted by atomic mass is 10.1. The van der Waals surface area contributed by atoms with E-state index in [0.29, 0.717) is 0 Å². The van der Waals surface area contributed by atoms with Gasteiger partial charge in [-0.1, -0.05) is 59.7 Å². The maximum absolute atomic E-state index is 11.9. The zero-order chi connectivity index (χ0) is 15.3. The van der Waals surface area contributed by atoms with Crippen molar-refractivity contribution in [3.8, 4) is 0 Å². The zero-order valence-electron chi connectivity index (χ0n) is 12.2. The molecule has 3 heteroatoms. The molecule has 2 rings (SSSR count). The summed E-state index contributed by atoms with van der Waals surface area (Å²) in [5.74, 6) is 0. The summed E-state index contributed by atoms with van der Waals surface area (Å²) in [5, 5.41) is 2.45. The molecule has 0 saturated carbocycles. The van der Waals surface area contributed by atoms with Crippen molar-refractivity contribution < 1.29 is 8.42 Å². The van der Waals surface area contributed by atoms with Gasteiger partial charge in [0.25, 0.3) is 0 Å². The van der Waals surface area contributed by atoms with Crippen LogP contribution in [0.25, 0.3) is 12.2 Å². The zero-order valence-corrected chi connectivity index (χ0v) is 13.0. The van der Waals surface area contributed by atoms with E-state index in [1.165, 1.54) is 10.8 Å². The summed E-state index contributed by atoms with van der Waals surface area (Å²) in [4.78, 5) is 0. The molecule has 21 heavy (non-hydrogen) atoms. The SMILES string of the molecule is Cc1ccc(C=CS(=O)(=O)C=Cc2ccc(C)cc2)cc1. The summed E-state index contributed by atoms with van der Waals surface area (Å²) in [6.45, 7) is 3.99. The van der Waals surface area contributed by atoms with E-state index in [2.05, 4.69) is 0 Å². The average molecular weight is 298 g/mol. The van der Waals surface area contributed by atoms with Crippen LogP contribution in [-0.2, 0) is 9.84 Å². The molecule has 2 aromatic rings. The molecular weight excluding hydrogens is 280 g/mol. The molecule has 0 aromatic heterocycles. The summed E-state index contributed by atoms with van der Waals surface area (Å²) >= 11 is 0. The Bertz CT molecular complexity index is 688.